The fourth-order valence-corrected chi connectivity index (χ4v) is 1.74. The number of carbonyl (C=O) groups excluding carboxylic acids is 1. The molecule has 88 valence electrons. The van der Waals surface area contributed by atoms with Gasteiger partial charge in [0.2, 0.25) is 5.91 Å². The fourth-order valence-electron chi connectivity index (χ4n) is 1.74. The van der Waals surface area contributed by atoms with Crippen LogP contribution in [0.15, 0.2) is 24.3 Å². The molecule has 1 aromatic rings. The number of hydrogen-bond acceptors (Lipinski definition) is 3. The summed E-state index contributed by atoms with van der Waals surface area (Å²) in [6.45, 7) is 4.15. The molecule has 0 saturated carbocycles. The Hall–Kier alpha value is -1.55. The lowest BCUT2D eigenvalue weighted by atomic mass is 9.89. The van der Waals surface area contributed by atoms with E-state index >= 15 is 0 Å². The quantitative estimate of drug-likeness (QED) is 0.311. The predicted octanol–water partition coefficient (Wildman–Crippen LogP) is 1.39. The molecule has 0 aromatic heterocycles. The van der Waals surface area contributed by atoms with Crippen LogP contribution in [0.3, 0.4) is 0 Å². The summed E-state index contributed by atoms with van der Waals surface area (Å²) in [6, 6.07) is 7.37. The van der Waals surface area contributed by atoms with Crippen molar-refractivity contribution in [3.8, 4) is 0 Å². The van der Waals surface area contributed by atoms with Crippen molar-refractivity contribution in [3.63, 3.8) is 0 Å². The van der Waals surface area contributed by atoms with Crippen LogP contribution >= 0.6 is 0 Å². The zero-order chi connectivity index (χ0) is 12.1. The Bertz CT molecular complexity index is 363. The number of hydrogen-bond donors (Lipinski definition) is 3. The van der Waals surface area contributed by atoms with Gasteiger partial charge >= 0.3 is 0 Å². The highest BCUT2D eigenvalue weighted by Crippen LogP contribution is 2.25. The molecule has 0 spiro atoms. The Kier molecular flexibility index (Phi) is 4.31. The topological polar surface area (TPSA) is 81.1 Å². The Labute approximate surface area is 96.0 Å². The van der Waals surface area contributed by atoms with Crippen molar-refractivity contribution in [2.75, 3.05) is 5.73 Å². The van der Waals surface area contributed by atoms with Gasteiger partial charge in [-0.3, -0.25) is 10.2 Å². The molecule has 1 atom stereocenters. The van der Waals surface area contributed by atoms with Gasteiger partial charge in [-0.1, -0.05) is 26.0 Å². The minimum atomic E-state index is -0.228. The third-order valence-electron chi connectivity index (χ3n) is 2.48. The summed E-state index contributed by atoms with van der Waals surface area (Å²) in [5.74, 6) is 5.22. The molecule has 0 saturated heterocycles. The van der Waals surface area contributed by atoms with E-state index in [0.29, 0.717) is 11.6 Å². The Morgan fingerprint density at radius 3 is 2.62 bits per heavy atom. The first kappa shape index (κ1) is 12.5. The van der Waals surface area contributed by atoms with Crippen LogP contribution < -0.4 is 17.0 Å². The number of nitrogens with two attached hydrogens (primary N) is 2. The lowest BCUT2D eigenvalue weighted by Crippen LogP contribution is -2.35. The SMILES string of the molecule is CC(C)CC(C(=O)NN)c1cccc(N)c1. The number of hydrazine groups is 1. The molecular weight excluding hydrogens is 202 g/mol. The van der Waals surface area contributed by atoms with Crippen molar-refractivity contribution in [2.24, 2.45) is 11.8 Å². The molecule has 1 amide bonds. The van der Waals surface area contributed by atoms with Crippen LogP contribution in [-0.2, 0) is 4.79 Å². The van der Waals surface area contributed by atoms with Gasteiger partial charge in [-0.15, -0.1) is 0 Å². The van der Waals surface area contributed by atoms with Crippen molar-refractivity contribution in [2.45, 2.75) is 26.2 Å². The maximum atomic E-state index is 11.7. The highest BCUT2D eigenvalue weighted by Gasteiger charge is 2.20. The monoisotopic (exact) mass is 221 g/mol. The van der Waals surface area contributed by atoms with Crippen molar-refractivity contribution < 1.29 is 4.79 Å². The second-order valence-electron chi connectivity index (χ2n) is 4.36. The molecule has 5 N–H and O–H groups in total. The molecule has 1 aromatic carbocycles. The van der Waals surface area contributed by atoms with Gasteiger partial charge < -0.3 is 5.73 Å². The third-order valence-corrected chi connectivity index (χ3v) is 2.48. The first-order valence-electron chi connectivity index (χ1n) is 5.40. The summed E-state index contributed by atoms with van der Waals surface area (Å²) in [5, 5.41) is 0. The molecule has 4 nitrogen and oxygen atoms in total. The van der Waals surface area contributed by atoms with Crippen LogP contribution in [0.5, 0.6) is 0 Å². The first-order valence-corrected chi connectivity index (χ1v) is 5.40. The highest BCUT2D eigenvalue weighted by molar-refractivity contribution is 5.83. The standard InChI is InChI=1S/C12H19N3O/c1-8(2)6-11(12(16)15-14)9-4-3-5-10(13)7-9/h3-5,7-8,11H,6,13-14H2,1-2H3,(H,15,16). The second kappa shape index (κ2) is 5.51. The van der Waals surface area contributed by atoms with E-state index in [9.17, 15) is 4.79 Å². The van der Waals surface area contributed by atoms with Gasteiger partial charge in [-0.2, -0.15) is 0 Å². The van der Waals surface area contributed by atoms with Gasteiger partial charge in [0, 0.05) is 5.69 Å². The maximum absolute atomic E-state index is 11.7. The minimum absolute atomic E-state index is 0.167. The van der Waals surface area contributed by atoms with E-state index in [0.717, 1.165) is 12.0 Å². The third kappa shape index (κ3) is 3.24. The summed E-state index contributed by atoms with van der Waals surface area (Å²) in [4.78, 5) is 11.7. The minimum Gasteiger partial charge on any atom is -0.399 e. The van der Waals surface area contributed by atoms with Crippen LogP contribution in [0, 0.1) is 5.92 Å². The van der Waals surface area contributed by atoms with E-state index in [1.54, 1.807) is 6.07 Å². The molecule has 0 aliphatic rings. The number of carbonyl (C=O) groups is 1. The van der Waals surface area contributed by atoms with E-state index in [2.05, 4.69) is 19.3 Å². The Balaban J connectivity index is 2.96. The molecule has 0 fully saturated rings. The fraction of sp³-hybridized carbons (Fsp3) is 0.417. The normalized spacial score (nSPS) is 12.5. The van der Waals surface area contributed by atoms with E-state index in [1.165, 1.54) is 0 Å². The van der Waals surface area contributed by atoms with Crippen molar-refractivity contribution in [1.82, 2.24) is 5.43 Å². The summed E-state index contributed by atoms with van der Waals surface area (Å²) in [7, 11) is 0. The Morgan fingerprint density at radius 1 is 1.44 bits per heavy atom. The van der Waals surface area contributed by atoms with Gasteiger partial charge in [-0.25, -0.2) is 5.84 Å². The molecule has 0 aliphatic carbocycles. The predicted molar refractivity (Wildman–Crippen MR) is 65.4 cm³/mol. The summed E-state index contributed by atoms with van der Waals surface area (Å²) in [5.41, 5.74) is 9.49. The van der Waals surface area contributed by atoms with Gasteiger partial charge in [0.25, 0.3) is 0 Å². The molecule has 1 unspecified atom stereocenters. The van der Waals surface area contributed by atoms with E-state index in [1.807, 2.05) is 18.2 Å². The smallest absolute Gasteiger partial charge is 0.241 e. The number of anilines is 1. The van der Waals surface area contributed by atoms with E-state index in [-0.39, 0.29) is 11.8 Å². The average Bonchev–Trinajstić information content (AvgIpc) is 2.24. The van der Waals surface area contributed by atoms with Gasteiger partial charge in [0.1, 0.15) is 0 Å². The van der Waals surface area contributed by atoms with E-state index < -0.39 is 0 Å². The number of rotatable bonds is 4. The molecule has 0 bridgehead atoms. The second-order valence-corrected chi connectivity index (χ2v) is 4.36. The summed E-state index contributed by atoms with van der Waals surface area (Å²) >= 11 is 0. The van der Waals surface area contributed by atoms with Crippen molar-refractivity contribution in [3.05, 3.63) is 29.8 Å². The Morgan fingerprint density at radius 2 is 2.12 bits per heavy atom. The van der Waals surface area contributed by atoms with Crippen molar-refractivity contribution in [1.29, 1.82) is 0 Å². The van der Waals surface area contributed by atoms with Crippen LogP contribution in [0.4, 0.5) is 5.69 Å². The number of benzene rings is 1. The first-order chi connectivity index (χ1) is 7.54. The molecule has 0 heterocycles. The van der Waals surface area contributed by atoms with Crippen molar-refractivity contribution >= 4 is 11.6 Å². The van der Waals surface area contributed by atoms with Gasteiger partial charge in [0.05, 0.1) is 5.92 Å². The molecule has 1 rings (SSSR count). The molecular formula is C12H19N3O. The van der Waals surface area contributed by atoms with Gasteiger partial charge in [0.15, 0.2) is 0 Å². The highest BCUT2D eigenvalue weighted by atomic mass is 16.2. The van der Waals surface area contributed by atoms with Crippen LogP contribution in [0.2, 0.25) is 0 Å². The summed E-state index contributed by atoms with van der Waals surface area (Å²) < 4.78 is 0. The molecule has 0 radical (unpaired) electrons. The zero-order valence-corrected chi connectivity index (χ0v) is 9.73. The lowest BCUT2D eigenvalue weighted by molar-refractivity contribution is -0.123. The number of nitrogen functional groups attached to an aromatic ring is 1. The zero-order valence-electron chi connectivity index (χ0n) is 9.73. The van der Waals surface area contributed by atoms with Crippen LogP contribution in [0.25, 0.3) is 0 Å². The van der Waals surface area contributed by atoms with Gasteiger partial charge in [-0.05, 0) is 30.0 Å². The maximum Gasteiger partial charge on any atom is 0.241 e. The lowest BCUT2D eigenvalue weighted by Gasteiger charge is -2.18. The number of nitrogens with one attached hydrogen (secondary N) is 1. The number of amides is 1. The summed E-state index contributed by atoms with van der Waals surface area (Å²) in [6.07, 6.45) is 0.756. The van der Waals surface area contributed by atoms with E-state index in [4.69, 9.17) is 11.6 Å². The molecule has 4 heteroatoms. The average molecular weight is 221 g/mol. The molecule has 0 aliphatic heterocycles. The molecule has 16 heavy (non-hydrogen) atoms. The largest absolute Gasteiger partial charge is 0.399 e. The van der Waals surface area contributed by atoms with Crippen LogP contribution in [-0.4, -0.2) is 5.91 Å². The van der Waals surface area contributed by atoms with Crippen LogP contribution in [0.1, 0.15) is 31.7 Å².